The molecule has 0 fully saturated rings. The van der Waals surface area contributed by atoms with Gasteiger partial charge in [-0.1, -0.05) is 38.1 Å². The van der Waals surface area contributed by atoms with E-state index in [9.17, 15) is 0 Å². The van der Waals surface area contributed by atoms with Crippen LogP contribution in [0.15, 0.2) is 43.0 Å². The molecule has 1 N–H and O–H groups in total. The predicted octanol–water partition coefficient (Wildman–Crippen LogP) is 2.91. The van der Waals surface area contributed by atoms with Gasteiger partial charge in [0.15, 0.2) is 0 Å². The fraction of sp³-hybridized carbons (Fsp3) is 0.333. The largest absolute Gasteiger partial charge is 0.309 e. The zero-order valence-corrected chi connectivity index (χ0v) is 11.1. The van der Waals surface area contributed by atoms with Gasteiger partial charge < -0.3 is 5.32 Å². The van der Waals surface area contributed by atoms with Crippen LogP contribution in [0.1, 0.15) is 42.5 Å². The Morgan fingerprint density at radius 3 is 1.94 bits per heavy atom. The van der Waals surface area contributed by atoms with Crippen molar-refractivity contribution in [2.75, 3.05) is 7.05 Å². The summed E-state index contributed by atoms with van der Waals surface area (Å²) in [6, 6.07) is 8.86. The molecule has 0 aliphatic heterocycles. The van der Waals surface area contributed by atoms with Crippen molar-refractivity contribution in [3.05, 3.63) is 59.7 Å². The van der Waals surface area contributed by atoms with Crippen molar-refractivity contribution in [3.8, 4) is 0 Å². The molecule has 0 spiro atoms. The number of nitrogens with zero attached hydrogens (tertiary/aromatic N) is 2. The molecule has 0 radical (unpaired) electrons. The van der Waals surface area contributed by atoms with Gasteiger partial charge in [0.1, 0.15) is 6.33 Å². The van der Waals surface area contributed by atoms with E-state index in [0.29, 0.717) is 5.92 Å². The molecule has 1 heterocycles. The zero-order chi connectivity index (χ0) is 13.0. The van der Waals surface area contributed by atoms with Gasteiger partial charge in [-0.05, 0) is 24.1 Å². The van der Waals surface area contributed by atoms with Crippen molar-refractivity contribution < 1.29 is 0 Å². The second-order valence-electron chi connectivity index (χ2n) is 4.71. The van der Waals surface area contributed by atoms with Crippen LogP contribution in [0.4, 0.5) is 0 Å². The lowest BCUT2D eigenvalue weighted by atomic mass is 9.97. The summed E-state index contributed by atoms with van der Waals surface area (Å²) in [6.45, 7) is 4.41. The molecular formula is C15H19N3. The molecule has 18 heavy (non-hydrogen) atoms. The van der Waals surface area contributed by atoms with Gasteiger partial charge in [-0.15, -0.1) is 0 Å². The first kappa shape index (κ1) is 12.7. The number of hydrogen-bond acceptors (Lipinski definition) is 3. The Bertz CT molecular complexity index is 477. The summed E-state index contributed by atoms with van der Waals surface area (Å²) in [6.07, 6.45) is 5.26. The topological polar surface area (TPSA) is 37.8 Å². The van der Waals surface area contributed by atoms with E-state index in [1.54, 1.807) is 6.33 Å². The summed E-state index contributed by atoms with van der Waals surface area (Å²) >= 11 is 0. The average molecular weight is 241 g/mol. The quantitative estimate of drug-likeness (QED) is 0.894. The van der Waals surface area contributed by atoms with Gasteiger partial charge in [0.2, 0.25) is 0 Å². The maximum atomic E-state index is 4.07. The van der Waals surface area contributed by atoms with Crippen LogP contribution in [0.5, 0.6) is 0 Å². The first-order valence-corrected chi connectivity index (χ1v) is 6.24. The molecule has 1 aromatic heterocycles. The molecular weight excluding hydrogens is 222 g/mol. The SMILES string of the molecule is CNC(c1ccc(C(C)C)cc1)c1cncnc1. The molecule has 0 aliphatic carbocycles. The van der Waals surface area contributed by atoms with Crippen LogP contribution in [-0.2, 0) is 0 Å². The van der Waals surface area contributed by atoms with Crippen LogP contribution in [0.25, 0.3) is 0 Å². The molecule has 3 heteroatoms. The summed E-state index contributed by atoms with van der Waals surface area (Å²) in [4.78, 5) is 8.15. The third-order valence-electron chi connectivity index (χ3n) is 3.14. The van der Waals surface area contributed by atoms with Gasteiger partial charge in [0, 0.05) is 18.0 Å². The first-order chi connectivity index (χ1) is 8.72. The average Bonchev–Trinajstić information content (AvgIpc) is 2.41. The number of benzene rings is 1. The first-order valence-electron chi connectivity index (χ1n) is 6.24. The molecule has 94 valence electrons. The van der Waals surface area contributed by atoms with Gasteiger partial charge >= 0.3 is 0 Å². The summed E-state index contributed by atoms with van der Waals surface area (Å²) in [5.41, 5.74) is 3.67. The fourth-order valence-corrected chi connectivity index (χ4v) is 2.06. The maximum Gasteiger partial charge on any atom is 0.115 e. The van der Waals surface area contributed by atoms with E-state index in [4.69, 9.17) is 0 Å². The summed E-state index contributed by atoms with van der Waals surface area (Å²) in [5, 5.41) is 3.30. The molecule has 0 amide bonds. The number of aromatic nitrogens is 2. The molecule has 0 saturated heterocycles. The molecule has 2 rings (SSSR count). The Morgan fingerprint density at radius 2 is 1.44 bits per heavy atom. The highest BCUT2D eigenvalue weighted by Gasteiger charge is 2.12. The van der Waals surface area contributed by atoms with Crippen LogP contribution in [-0.4, -0.2) is 17.0 Å². The molecule has 2 aromatic rings. The smallest absolute Gasteiger partial charge is 0.115 e. The lowest BCUT2D eigenvalue weighted by molar-refractivity contribution is 0.683. The Morgan fingerprint density at radius 1 is 0.889 bits per heavy atom. The minimum atomic E-state index is 0.146. The zero-order valence-electron chi connectivity index (χ0n) is 11.1. The van der Waals surface area contributed by atoms with E-state index in [-0.39, 0.29) is 6.04 Å². The molecule has 0 aliphatic rings. The van der Waals surface area contributed by atoms with Crippen molar-refractivity contribution in [1.29, 1.82) is 0 Å². The second kappa shape index (κ2) is 5.74. The van der Waals surface area contributed by atoms with Gasteiger partial charge in [-0.3, -0.25) is 0 Å². The van der Waals surface area contributed by atoms with E-state index in [1.165, 1.54) is 11.1 Å². The van der Waals surface area contributed by atoms with Crippen molar-refractivity contribution >= 4 is 0 Å². The highest BCUT2D eigenvalue weighted by molar-refractivity contribution is 5.32. The molecule has 3 nitrogen and oxygen atoms in total. The lowest BCUT2D eigenvalue weighted by Gasteiger charge is -2.17. The van der Waals surface area contributed by atoms with Crippen molar-refractivity contribution in [2.24, 2.45) is 0 Å². The van der Waals surface area contributed by atoms with Gasteiger partial charge in [-0.2, -0.15) is 0 Å². The van der Waals surface area contributed by atoms with E-state index in [2.05, 4.69) is 53.4 Å². The Labute approximate surface area is 108 Å². The van der Waals surface area contributed by atoms with Crippen LogP contribution >= 0.6 is 0 Å². The van der Waals surface area contributed by atoms with Crippen molar-refractivity contribution in [1.82, 2.24) is 15.3 Å². The van der Waals surface area contributed by atoms with E-state index in [1.807, 2.05) is 19.4 Å². The van der Waals surface area contributed by atoms with E-state index in [0.717, 1.165) is 5.56 Å². The van der Waals surface area contributed by atoms with E-state index < -0.39 is 0 Å². The minimum Gasteiger partial charge on any atom is -0.309 e. The molecule has 0 saturated carbocycles. The summed E-state index contributed by atoms with van der Waals surface area (Å²) < 4.78 is 0. The Kier molecular flexibility index (Phi) is 4.05. The Hall–Kier alpha value is -1.74. The standard InChI is InChI=1S/C15H19N3/c1-11(2)12-4-6-13(7-5-12)15(16-3)14-8-17-10-18-9-14/h4-11,15-16H,1-3H3. The summed E-state index contributed by atoms with van der Waals surface area (Å²) in [7, 11) is 1.95. The lowest BCUT2D eigenvalue weighted by Crippen LogP contribution is -2.18. The molecule has 1 aromatic carbocycles. The highest BCUT2D eigenvalue weighted by Crippen LogP contribution is 2.22. The van der Waals surface area contributed by atoms with Crippen LogP contribution in [0.2, 0.25) is 0 Å². The van der Waals surface area contributed by atoms with Gasteiger partial charge in [-0.25, -0.2) is 9.97 Å². The molecule has 1 unspecified atom stereocenters. The third-order valence-corrected chi connectivity index (χ3v) is 3.14. The highest BCUT2D eigenvalue weighted by atomic mass is 14.9. The number of nitrogens with one attached hydrogen (secondary N) is 1. The maximum absolute atomic E-state index is 4.07. The van der Waals surface area contributed by atoms with Crippen LogP contribution < -0.4 is 5.32 Å². The number of rotatable bonds is 4. The third kappa shape index (κ3) is 2.74. The Balaban J connectivity index is 2.28. The minimum absolute atomic E-state index is 0.146. The second-order valence-corrected chi connectivity index (χ2v) is 4.71. The fourth-order valence-electron chi connectivity index (χ4n) is 2.06. The predicted molar refractivity (Wildman–Crippen MR) is 73.5 cm³/mol. The van der Waals surface area contributed by atoms with Crippen molar-refractivity contribution in [2.45, 2.75) is 25.8 Å². The van der Waals surface area contributed by atoms with Gasteiger partial charge in [0.05, 0.1) is 6.04 Å². The van der Waals surface area contributed by atoms with Crippen LogP contribution in [0.3, 0.4) is 0 Å². The number of hydrogen-bond donors (Lipinski definition) is 1. The normalized spacial score (nSPS) is 12.7. The van der Waals surface area contributed by atoms with Crippen LogP contribution in [0, 0.1) is 0 Å². The van der Waals surface area contributed by atoms with Crippen molar-refractivity contribution in [3.63, 3.8) is 0 Å². The molecule has 0 bridgehead atoms. The summed E-state index contributed by atoms with van der Waals surface area (Å²) in [5.74, 6) is 0.562. The monoisotopic (exact) mass is 241 g/mol. The van der Waals surface area contributed by atoms with E-state index >= 15 is 0 Å². The van der Waals surface area contributed by atoms with Gasteiger partial charge in [0.25, 0.3) is 0 Å². The molecule has 1 atom stereocenters.